The number of methoxy groups -OCH3 is 1. The number of carbonyl (C=O) groups is 2. The molecule has 37 heavy (non-hydrogen) atoms. The Kier molecular flexibility index (Phi) is 6.38. The number of pyridine rings is 2. The number of anilines is 1. The topological polar surface area (TPSA) is 115 Å². The molecule has 0 aliphatic carbocycles. The van der Waals surface area contributed by atoms with Crippen LogP contribution in [0.5, 0.6) is 5.75 Å². The highest BCUT2D eigenvalue weighted by molar-refractivity contribution is 7.16. The molecule has 0 unspecified atom stereocenters. The van der Waals surface area contributed by atoms with Crippen LogP contribution in [-0.2, 0) is 20.1 Å². The van der Waals surface area contributed by atoms with Crippen molar-refractivity contribution < 1.29 is 18.7 Å². The summed E-state index contributed by atoms with van der Waals surface area (Å²) in [5.41, 5.74) is 2.92. The van der Waals surface area contributed by atoms with Gasteiger partial charge in [0.25, 0.3) is 11.8 Å². The van der Waals surface area contributed by atoms with Crippen LogP contribution in [0.15, 0.2) is 24.5 Å². The van der Waals surface area contributed by atoms with E-state index in [0.29, 0.717) is 39.0 Å². The summed E-state index contributed by atoms with van der Waals surface area (Å²) in [4.78, 5) is 41.2. The molecule has 13 heteroatoms. The quantitative estimate of drug-likeness (QED) is 0.377. The Hall–Kier alpha value is -3.90. The number of nitrogens with one attached hydrogen (secondary N) is 1. The van der Waals surface area contributed by atoms with Gasteiger partial charge in [0.2, 0.25) is 0 Å². The summed E-state index contributed by atoms with van der Waals surface area (Å²) in [6, 6.07) is 3.40. The molecule has 2 amide bonds. The average molecular weight is 542 g/mol. The third kappa shape index (κ3) is 4.53. The van der Waals surface area contributed by atoms with Crippen LogP contribution in [0, 0.1) is 19.7 Å². The minimum absolute atomic E-state index is 0.194. The Morgan fingerprint density at radius 1 is 1.16 bits per heavy atom. The summed E-state index contributed by atoms with van der Waals surface area (Å²) in [5, 5.41) is 7.46. The van der Waals surface area contributed by atoms with E-state index in [1.807, 2.05) is 6.92 Å². The first-order valence-electron chi connectivity index (χ1n) is 11.1. The van der Waals surface area contributed by atoms with Gasteiger partial charge in [-0.2, -0.15) is 5.10 Å². The van der Waals surface area contributed by atoms with E-state index in [4.69, 9.17) is 16.3 Å². The third-order valence-corrected chi connectivity index (χ3v) is 7.26. The van der Waals surface area contributed by atoms with Crippen molar-refractivity contribution in [3.63, 3.8) is 0 Å². The van der Waals surface area contributed by atoms with E-state index >= 15 is 0 Å². The fraction of sp³-hybridized carbons (Fsp3) is 0.250. The summed E-state index contributed by atoms with van der Waals surface area (Å²) in [6.45, 7) is 3.82. The van der Waals surface area contributed by atoms with Gasteiger partial charge in [-0.05, 0) is 26.0 Å². The van der Waals surface area contributed by atoms with Gasteiger partial charge >= 0.3 is 0 Å². The number of carbonyl (C=O) groups excluding carboxylic acids is 2. The zero-order valence-electron chi connectivity index (χ0n) is 20.3. The Morgan fingerprint density at radius 3 is 2.62 bits per heavy atom. The van der Waals surface area contributed by atoms with E-state index in [9.17, 15) is 14.0 Å². The van der Waals surface area contributed by atoms with Gasteiger partial charge < -0.3 is 9.64 Å². The van der Waals surface area contributed by atoms with Crippen LogP contribution >= 0.6 is 22.9 Å². The molecule has 1 aliphatic rings. The molecule has 1 aliphatic heterocycles. The van der Waals surface area contributed by atoms with E-state index in [2.05, 4.69) is 25.4 Å². The minimum Gasteiger partial charge on any atom is -0.494 e. The van der Waals surface area contributed by atoms with Gasteiger partial charge in [-0.3, -0.25) is 24.6 Å². The molecule has 0 aromatic carbocycles. The maximum absolute atomic E-state index is 14.4. The van der Waals surface area contributed by atoms with Crippen molar-refractivity contribution >= 4 is 39.9 Å². The Morgan fingerprint density at radius 2 is 1.95 bits per heavy atom. The van der Waals surface area contributed by atoms with Gasteiger partial charge in [-0.1, -0.05) is 22.9 Å². The molecular formula is C24H21ClFN7O3S. The number of fused-ring (bicyclic) bond motifs is 1. The van der Waals surface area contributed by atoms with E-state index in [1.54, 1.807) is 26.1 Å². The molecule has 0 saturated heterocycles. The molecule has 4 aromatic heterocycles. The van der Waals surface area contributed by atoms with Crippen LogP contribution in [0.4, 0.5) is 9.52 Å². The number of nitrogens with zero attached hydrogens (tertiary/aromatic N) is 6. The van der Waals surface area contributed by atoms with Crippen molar-refractivity contribution in [2.75, 3.05) is 12.4 Å². The van der Waals surface area contributed by atoms with Crippen LogP contribution < -0.4 is 10.1 Å². The smallest absolute Gasteiger partial charge is 0.278 e. The summed E-state index contributed by atoms with van der Waals surface area (Å²) in [5.74, 6) is -1.08. The second kappa shape index (κ2) is 9.52. The van der Waals surface area contributed by atoms with Crippen molar-refractivity contribution in [3.8, 4) is 16.9 Å². The number of hydrogen-bond donors (Lipinski definition) is 1. The fourth-order valence-electron chi connectivity index (χ4n) is 4.02. The van der Waals surface area contributed by atoms with Gasteiger partial charge in [0.15, 0.2) is 16.6 Å². The van der Waals surface area contributed by atoms with E-state index in [0.717, 1.165) is 4.88 Å². The van der Waals surface area contributed by atoms with Crippen LogP contribution in [0.25, 0.3) is 11.1 Å². The monoisotopic (exact) mass is 541 g/mol. The first-order chi connectivity index (χ1) is 17.7. The molecule has 1 N–H and O–H groups in total. The zero-order valence-corrected chi connectivity index (χ0v) is 21.9. The SMILES string of the molecule is COc1cnc(Cl)cc1-c1cc(C)ncc1C(=O)Nc1nc2c(s1)CN(C(=O)c1nn(C)c(C)c1F)C2. The molecule has 5 rings (SSSR count). The number of amides is 2. The summed E-state index contributed by atoms with van der Waals surface area (Å²) in [7, 11) is 3.09. The maximum Gasteiger partial charge on any atom is 0.278 e. The van der Waals surface area contributed by atoms with Crippen LogP contribution in [0.1, 0.15) is 42.8 Å². The molecule has 4 aromatic rings. The highest BCUT2D eigenvalue weighted by atomic mass is 35.5. The number of aryl methyl sites for hydroxylation is 2. The highest BCUT2D eigenvalue weighted by Gasteiger charge is 2.32. The number of ether oxygens (including phenoxy) is 1. The Labute approximate surface area is 220 Å². The van der Waals surface area contributed by atoms with Crippen molar-refractivity contribution in [1.29, 1.82) is 0 Å². The Bertz CT molecular complexity index is 1540. The van der Waals surface area contributed by atoms with Crippen molar-refractivity contribution in [2.24, 2.45) is 7.05 Å². The normalized spacial score (nSPS) is 12.5. The third-order valence-electron chi connectivity index (χ3n) is 6.05. The standard InChI is InChI=1S/C24H21ClFN7O3S/c1-11-5-13(14-6-19(25)28-8-17(14)36-4)15(7-27-11)22(34)30-24-29-16-9-33(10-18(16)37-24)23(35)21-20(26)12(2)32(3)31-21/h5-8H,9-10H2,1-4H3,(H,29,30,34). The van der Waals surface area contributed by atoms with E-state index in [1.165, 1.54) is 40.4 Å². The predicted molar refractivity (Wildman–Crippen MR) is 135 cm³/mol. The van der Waals surface area contributed by atoms with Crippen LogP contribution in [0.2, 0.25) is 5.15 Å². The lowest BCUT2D eigenvalue weighted by Gasteiger charge is -2.14. The lowest BCUT2D eigenvalue weighted by atomic mass is 10.0. The van der Waals surface area contributed by atoms with E-state index < -0.39 is 17.6 Å². The van der Waals surface area contributed by atoms with Gasteiger partial charge in [-0.25, -0.2) is 14.4 Å². The summed E-state index contributed by atoms with van der Waals surface area (Å²) >= 11 is 7.37. The summed E-state index contributed by atoms with van der Waals surface area (Å²) in [6.07, 6.45) is 2.98. The molecule has 0 spiro atoms. The van der Waals surface area contributed by atoms with Crippen molar-refractivity contribution in [1.82, 2.24) is 29.6 Å². The number of rotatable bonds is 5. The molecule has 190 valence electrons. The molecule has 0 bridgehead atoms. The van der Waals surface area contributed by atoms with Gasteiger partial charge in [0.1, 0.15) is 10.9 Å². The predicted octanol–water partition coefficient (Wildman–Crippen LogP) is 4.16. The highest BCUT2D eigenvalue weighted by Crippen LogP contribution is 2.35. The zero-order chi connectivity index (χ0) is 26.4. The molecule has 0 atom stereocenters. The molecule has 0 saturated carbocycles. The second-order valence-electron chi connectivity index (χ2n) is 8.45. The maximum atomic E-state index is 14.4. The van der Waals surface area contributed by atoms with E-state index in [-0.39, 0.29) is 29.6 Å². The lowest BCUT2D eigenvalue weighted by molar-refractivity contribution is 0.0739. The number of halogens is 2. The molecule has 10 nitrogen and oxygen atoms in total. The molecule has 0 radical (unpaired) electrons. The first kappa shape index (κ1) is 24.8. The number of hydrogen-bond acceptors (Lipinski definition) is 8. The number of aromatic nitrogens is 5. The minimum atomic E-state index is -0.627. The second-order valence-corrected chi connectivity index (χ2v) is 9.93. The van der Waals surface area contributed by atoms with Crippen LogP contribution in [0.3, 0.4) is 0 Å². The molecule has 0 fully saturated rings. The first-order valence-corrected chi connectivity index (χ1v) is 12.3. The Balaban J connectivity index is 1.36. The number of thiazole rings is 1. The van der Waals surface area contributed by atoms with Gasteiger partial charge in [0, 0.05) is 30.1 Å². The largest absolute Gasteiger partial charge is 0.494 e. The van der Waals surface area contributed by atoms with Gasteiger partial charge in [-0.15, -0.1) is 0 Å². The van der Waals surface area contributed by atoms with Crippen molar-refractivity contribution in [2.45, 2.75) is 26.9 Å². The summed E-state index contributed by atoms with van der Waals surface area (Å²) < 4.78 is 21.1. The fourth-order valence-corrected chi connectivity index (χ4v) is 5.16. The molecule has 5 heterocycles. The molecular weight excluding hydrogens is 521 g/mol. The van der Waals surface area contributed by atoms with Gasteiger partial charge in [0.05, 0.1) is 48.2 Å². The average Bonchev–Trinajstić information content (AvgIpc) is 3.51. The lowest BCUT2D eigenvalue weighted by Crippen LogP contribution is -2.27. The van der Waals surface area contributed by atoms with Crippen LogP contribution in [-0.4, -0.2) is 48.6 Å². The van der Waals surface area contributed by atoms with Crippen molar-refractivity contribution in [3.05, 3.63) is 68.7 Å².